The SMILES string of the molecule is CCN(CC1CC(C)ON1)C(=O)c1ccc(NC(=O)Cc2ccc(S(=O)(=O)CC3CC3)cc2)cc1.[HH]. The Labute approximate surface area is 208 Å². The Morgan fingerprint density at radius 3 is 2.37 bits per heavy atom. The minimum absolute atomic E-state index is 0. The summed E-state index contributed by atoms with van der Waals surface area (Å²) in [5.74, 6) is 0.213. The summed E-state index contributed by atoms with van der Waals surface area (Å²) in [6, 6.07) is 13.5. The Morgan fingerprint density at radius 1 is 1.11 bits per heavy atom. The van der Waals surface area contributed by atoms with Crippen molar-refractivity contribution in [3.63, 3.8) is 0 Å². The lowest BCUT2D eigenvalue weighted by atomic mass is 10.1. The van der Waals surface area contributed by atoms with E-state index in [0.29, 0.717) is 35.2 Å². The molecule has 1 aliphatic heterocycles. The third-order valence-corrected chi connectivity index (χ3v) is 8.28. The third-order valence-electron chi connectivity index (χ3n) is 6.38. The minimum atomic E-state index is -3.26. The number of anilines is 1. The molecule has 2 aliphatic rings. The first-order valence-electron chi connectivity index (χ1n) is 12.2. The lowest BCUT2D eigenvalue weighted by Crippen LogP contribution is -2.40. The molecular formula is C26H35N3O5S. The number of amides is 2. The first kappa shape index (κ1) is 25.3. The summed E-state index contributed by atoms with van der Waals surface area (Å²) in [5, 5.41) is 2.83. The molecule has 1 aliphatic carbocycles. The van der Waals surface area contributed by atoms with Gasteiger partial charge in [-0.05, 0) is 81.0 Å². The molecule has 0 aromatic heterocycles. The number of nitrogens with one attached hydrogen (secondary N) is 2. The van der Waals surface area contributed by atoms with Gasteiger partial charge in [-0.25, -0.2) is 8.42 Å². The van der Waals surface area contributed by atoms with Gasteiger partial charge in [0.15, 0.2) is 9.84 Å². The lowest BCUT2D eigenvalue weighted by Gasteiger charge is -2.24. The first-order chi connectivity index (χ1) is 16.7. The van der Waals surface area contributed by atoms with Gasteiger partial charge in [-0.1, -0.05) is 12.1 Å². The number of sulfone groups is 1. The molecule has 0 radical (unpaired) electrons. The number of hydrogen-bond acceptors (Lipinski definition) is 6. The van der Waals surface area contributed by atoms with Gasteiger partial charge in [-0.15, -0.1) is 0 Å². The third kappa shape index (κ3) is 6.90. The summed E-state index contributed by atoms with van der Waals surface area (Å²) in [5.41, 5.74) is 4.86. The topological polar surface area (TPSA) is 105 Å². The monoisotopic (exact) mass is 501 g/mol. The predicted octanol–water partition coefficient (Wildman–Crippen LogP) is 3.44. The van der Waals surface area contributed by atoms with E-state index in [9.17, 15) is 18.0 Å². The van der Waals surface area contributed by atoms with Crippen molar-refractivity contribution in [3.05, 3.63) is 59.7 Å². The van der Waals surface area contributed by atoms with Gasteiger partial charge in [0.05, 0.1) is 29.2 Å². The van der Waals surface area contributed by atoms with Crippen molar-refractivity contribution in [1.82, 2.24) is 10.4 Å². The van der Waals surface area contributed by atoms with Crippen molar-refractivity contribution in [1.29, 1.82) is 0 Å². The van der Waals surface area contributed by atoms with E-state index in [2.05, 4.69) is 10.8 Å². The van der Waals surface area contributed by atoms with Crippen LogP contribution in [0, 0.1) is 5.92 Å². The maximum atomic E-state index is 12.9. The van der Waals surface area contributed by atoms with Crippen LogP contribution in [0.3, 0.4) is 0 Å². The number of carbonyl (C=O) groups excluding carboxylic acids is 2. The molecule has 2 aromatic carbocycles. The zero-order chi connectivity index (χ0) is 25.0. The van der Waals surface area contributed by atoms with E-state index in [4.69, 9.17) is 4.84 Å². The summed E-state index contributed by atoms with van der Waals surface area (Å²) >= 11 is 0. The molecule has 2 atom stereocenters. The van der Waals surface area contributed by atoms with Gasteiger partial charge in [-0.3, -0.25) is 14.4 Å². The van der Waals surface area contributed by atoms with Crippen molar-refractivity contribution in [3.8, 4) is 0 Å². The fourth-order valence-electron chi connectivity index (χ4n) is 4.22. The van der Waals surface area contributed by atoms with Gasteiger partial charge in [0.2, 0.25) is 5.91 Å². The summed E-state index contributed by atoms with van der Waals surface area (Å²) in [6.07, 6.45) is 3.08. The highest BCUT2D eigenvalue weighted by molar-refractivity contribution is 7.91. The van der Waals surface area contributed by atoms with E-state index in [1.54, 1.807) is 53.4 Å². The molecule has 190 valence electrons. The second-order valence-corrected chi connectivity index (χ2v) is 11.5. The average molecular weight is 502 g/mol. The Morgan fingerprint density at radius 2 is 1.80 bits per heavy atom. The van der Waals surface area contributed by atoms with Crippen LogP contribution < -0.4 is 10.8 Å². The van der Waals surface area contributed by atoms with Crippen molar-refractivity contribution >= 4 is 27.3 Å². The highest BCUT2D eigenvalue weighted by Crippen LogP contribution is 2.32. The van der Waals surface area contributed by atoms with Crippen LogP contribution in [0.5, 0.6) is 0 Å². The van der Waals surface area contributed by atoms with E-state index >= 15 is 0 Å². The number of nitrogens with zero attached hydrogens (tertiary/aromatic N) is 1. The van der Waals surface area contributed by atoms with Crippen LogP contribution >= 0.6 is 0 Å². The summed E-state index contributed by atoms with van der Waals surface area (Å²) in [4.78, 5) is 32.9. The van der Waals surface area contributed by atoms with Gasteiger partial charge in [0.25, 0.3) is 5.91 Å². The first-order valence-corrected chi connectivity index (χ1v) is 13.8. The molecule has 2 amide bonds. The minimum Gasteiger partial charge on any atom is -0.337 e. The fourth-order valence-corrected chi connectivity index (χ4v) is 5.91. The van der Waals surface area contributed by atoms with Crippen LogP contribution in [-0.4, -0.2) is 56.1 Å². The maximum Gasteiger partial charge on any atom is 0.253 e. The van der Waals surface area contributed by atoms with Gasteiger partial charge < -0.3 is 10.2 Å². The van der Waals surface area contributed by atoms with Crippen LogP contribution in [0.15, 0.2) is 53.4 Å². The molecule has 35 heavy (non-hydrogen) atoms. The molecule has 4 rings (SSSR count). The Bertz CT molecular complexity index is 1150. The lowest BCUT2D eigenvalue weighted by molar-refractivity contribution is -0.115. The van der Waals surface area contributed by atoms with Crippen molar-refractivity contribution in [2.24, 2.45) is 5.92 Å². The van der Waals surface area contributed by atoms with Crippen LogP contribution in [0.2, 0.25) is 0 Å². The summed E-state index contributed by atoms with van der Waals surface area (Å²) < 4.78 is 24.8. The van der Waals surface area contributed by atoms with E-state index in [0.717, 1.165) is 24.8 Å². The molecule has 0 bridgehead atoms. The van der Waals surface area contributed by atoms with Gasteiger partial charge in [-0.2, -0.15) is 5.48 Å². The molecule has 2 fully saturated rings. The van der Waals surface area contributed by atoms with Crippen molar-refractivity contribution in [2.45, 2.75) is 56.6 Å². The number of hydrogen-bond donors (Lipinski definition) is 2. The summed E-state index contributed by atoms with van der Waals surface area (Å²) in [7, 11) is -3.26. The number of likely N-dealkylation sites (N-methyl/N-ethyl adjacent to an activating group) is 1. The molecule has 1 saturated heterocycles. The number of rotatable bonds is 10. The van der Waals surface area contributed by atoms with Crippen LogP contribution in [-0.2, 0) is 25.9 Å². The number of carbonyl (C=O) groups is 2. The zero-order valence-corrected chi connectivity index (χ0v) is 21.0. The maximum absolute atomic E-state index is 12.9. The predicted molar refractivity (Wildman–Crippen MR) is 136 cm³/mol. The molecule has 2 N–H and O–H groups in total. The molecule has 8 nitrogen and oxygen atoms in total. The van der Waals surface area contributed by atoms with E-state index in [1.807, 2.05) is 13.8 Å². The van der Waals surface area contributed by atoms with Crippen molar-refractivity contribution in [2.75, 3.05) is 24.2 Å². The molecule has 2 aromatic rings. The fraction of sp³-hybridized carbons (Fsp3) is 0.462. The van der Waals surface area contributed by atoms with Gasteiger partial charge in [0, 0.05) is 25.8 Å². The van der Waals surface area contributed by atoms with Crippen LogP contribution in [0.4, 0.5) is 5.69 Å². The van der Waals surface area contributed by atoms with E-state index < -0.39 is 9.84 Å². The molecular weight excluding hydrogens is 466 g/mol. The highest BCUT2D eigenvalue weighted by Gasteiger charge is 2.29. The van der Waals surface area contributed by atoms with Crippen LogP contribution in [0.25, 0.3) is 0 Å². The molecule has 9 heteroatoms. The summed E-state index contributed by atoms with van der Waals surface area (Å²) in [6.45, 7) is 5.10. The Balaban J connectivity index is 0.00000361. The molecule has 1 heterocycles. The molecule has 2 unspecified atom stereocenters. The molecule has 1 saturated carbocycles. The van der Waals surface area contributed by atoms with Gasteiger partial charge in [0.1, 0.15) is 0 Å². The average Bonchev–Trinajstić information content (AvgIpc) is 3.54. The smallest absolute Gasteiger partial charge is 0.253 e. The standard InChI is InChI=1S/C26H33N3O5S.H2/c1-3-29(16-23-14-18(2)34-28-23)26(31)21-8-10-22(11-9-21)27-25(30)15-19-6-12-24(13-7-19)35(32,33)17-20-4-5-20;/h6-13,18,20,23,28H,3-5,14-17H2,1-2H3,(H,27,30);1H. The quantitative estimate of drug-likeness (QED) is 0.517. The number of benzene rings is 2. The molecule has 0 spiro atoms. The van der Waals surface area contributed by atoms with Crippen molar-refractivity contribution < 1.29 is 24.3 Å². The Kier molecular flexibility index (Phi) is 7.88. The largest absolute Gasteiger partial charge is 0.337 e. The normalized spacial score (nSPS) is 19.9. The highest BCUT2D eigenvalue weighted by atomic mass is 32.2. The zero-order valence-electron chi connectivity index (χ0n) is 20.2. The number of hydroxylamine groups is 1. The van der Waals surface area contributed by atoms with Crippen LogP contribution in [0.1, 0.15) is 50.5 Å². The van der Waals surface area contributed by atoms with Gasteiger partial charge >= 0.3 is 0 Å². The second-order valence-electron chi connectivity index (χ2n) is 9.49. The second kappa shape index (κ2) is 10.9. The Hall–Kier alpha value is -2.75. The van der Waals surface area contributed by atoms with E-state index in [1.165, 1.54) is 0 Å². The van der Waals surface area contributed by atoms with E-state index in [-0.39, 0.29) is 37.6 Å².